The maximum Gasteiger partial charge on any atom is 0.111 e. The predicted molar refractivity (Wildman–Crippen MR) is 175 cm³/mol. The summed E-state index contributed by atoms with van der Waals surface area (Å²) in [7, 11) is -1.95. The van der Waals surface area contributed by atoms with Crippen LogP contribution in [-0.2, 0) is 0 Å². The average molecular weight is 631 g/mol. The molecular formula is C30H18N2S7. The molecule has 0 spiro atoms. The second-order valence-electron chi connectivity index (χ2n) is 8.71. The topological polar surface area (TPSA) is 24.7 Å². The van der Waals surface area contributed by atoms with Crippen LogP contribution in [0.1, 0.15) is 0 Å². The molecule has 0 unspecified atom stereocenters. The Morgan fingerprint density at radius 3 is 1.28 bits per heavy atom. The van der Waals surface area contributed by atoms with Gasteiger partial charge in [-0.15, -0.1) is 77.7 Å². The minimum Gasteiger partial charge on any atom is -0.144 e. The van der Waals surface area contributed by atoms with Crippen molar-refractivity contribution in [3.8, 4) is 41.8 Å². The van der Waals surface area contributed by atoms with Crippen LogP contribution in [0.2, 0.25) is 0 Å². The number of rotatable bonds is 6. The van der Waals surface area contributed by atoms with Crippen LogP contribution >= 0.6 is 78.2 Å². The summed E-state index contributed by atoms with van der Waals surface area (Å²) in [5.74, 6) is 0. The Morgan fingerprint density at radius 2 is 0.846 bits per heavy atom. The molecule has 1 aliphatic heterocycles. The monoisotopic (exact) mass is 630 g/mol. The first-order chi connectivity index (χ1) is 19.4. The lowest BCUT2D eigenvalue weighted by Crippen LogP contribution is -2.00. The highest BCUT2D eigenvalue weighted by molar-refractivity contribution is 8.35. The number of benzene rings is 1. The largest absolute Gasteiger partial charge is 0.144 e. The number of thiophene rings is 6. The smallest absolute Gasteiger partial charge is 0.111 e. The molecule has 9 heteroatoms. The zero-order chi connectivity index (χ0) is 25.8. The van der Waals surface area contributed by atoms with E-state index in [1.54, 1.807) is 56.7 Å². The molecule has 6 aromatic heterocycles. The van der Waals surface area contributed by atoms with E-state index in [9.17, 15) is 0 Å². The van der Waals surface area contributed by atoms with Gasteiger partial charge >= 0.3 is 0 Å². The quantitative estimate of drug-likeness (QED) is 0.175. The van der Waals surface area contributed by atoms with Crippen molar-refractivity contribution in [2.45, 2.75) is 13.3 Å². The maximum absolute atomic E-state index is 5.35. The SMILES string of the molecule is c1csc(-c2c3c(c(-c4cccs4)c(-c4cccs4)c2-c2cccs2)S(c2cccs2)(c2cccs2)N=N3)c1. The van der Waals surface area contributed by atoms with Crippen molar-refractivity contribution >= 4 is 83.9 Å². The minimum atomic E-state index is -1.95. The van der Waals surface area contributed by atoms with Crippen LogP contribution in [0.5, 0.6) is 0 Å². The molecule has 0 amide bonds. The molecule has 0 aliphatic carbocycles. The van der Waals surface area contributed by atoms with Crippen molar-refractivity contribution < 1.29 is 0 Å². The summed E-state index contributed by atoms with van der Waals surface area (Å²) < 4.78 is 7.91. The van der Waals surface area contributed by atoms with Gasteiger partial charge in [0, 0.05) is 41.8 Å². The fraction of sp³-hybridized carbons (Fsp3) is 0. The molecule has 7 aromatic rings. The van der Waals surface area contributed by atoms with Crippen LogP contribution in [0.3, 0.4) is 0 Å². The Labute approximate surface area is 251 Å². The van der Waals surface area contributed by atoms with Gasteiger partial charge in [0.25, 0.3) is 0 Å². The average Bonchev–Trinajstić information content (AvgIpc) is 3.83. The number of nitrogens with zero attached hydrogens (tertiary/aromatic N) is 2. The van der Waals surface area contributed by atoms with Crippen molar-refractivity contribution in [1.29, 1.82) is 0 Å². The van der Waals surface area contributed by atoms with Crippen LogP contribution in [0.4, 0.5) is 5.69 Å². The zero-order valence-corrected chi connectivity index (χ0v) is 25.9. The van der Waals surface area contributed by atoms with E-state index >= 15 is 0 Å². The Bertz CT molecular complexity index is 1840. The number of hydrogen-bond donors (Lipinski definition) is 0. The summed E-state index contributed by atoms with van der Waals surface area (Å²) in [6.45, 7) is 0. The second kappa shape index (κ2) is 9.78. The first-order valence-electron chi connectivity index (χ1n) is 12.1. The molecule has 0 N–H and O–H groups in total. The van der Waals surface area contributed by atoms with E-state index in [4.69, 9.17) is 9.63 Å². The number of hydrogen-bond acceptors (Lipinski definition) is 8. The Morgan fingerprint density at radius 1 is 0.436 bits per heavy atom. The van der Waals surface area contributed by atoms with E-state index in [0.29, 0.717) is 0 Å². The molecule has 0 atom stereocenters. The van der Waals surface area contributed by atoms with Crippen molar-refractivity contribution in [1.82, 2.24) is 0 Å². The molecular weight excluding hydrogens is 613 g/mol. The molecule has 0 bridgehead atoms. The summed E-state index contributed by atoms with van der Waals surface area (Å²) in [4.78, 5) is 6.32. The van der Waals surface area contributed by atoms with Crippen LogP contribution in [0, 0.1) is 0 Å². The minimum absolute atomic E-state index is 1.03. The zero-order valence-electron chi connectivity index (χ0n) is 20.1. The highest BCUT2D eigenvalue weighted by atomic mass is 32.3. The lowest BCUT2D eigenvalue weighted by atomic mass is 9.90. The highest BCUT2D eigenvalue weighted by Gasteiger charge is 2.45. The Hall–Kier alpha value is -2.63. The van der Waals surface area contributed by atoms with Crippen LogP contribution in [0.15, 0.2) is 128 Å². The summed E-state index contributed by atoms with van der Waals surface area (Å²) in [6, 6.07) is 26.5. The van der Waals surface area contributed by atoms with Gasteiger partial charge in [0.05, 0.1) is 13.3 Å². The maximum atomic E-state index is 5.35. The molecule has 1 aromatic carbocycles. The summed E-state index contributed by atoms with van der Waals surface area (Å²) in [6.07, 6.45) is 0. The van der Waals surface area contributed by atoms with Crippen molar-refractivity contribution in [2.24, 2.45) is 9.63 Å². The lowest BCUT2D eigenvalue weighted by Gasteiger charge is -2.33. The van der Waals surface area contributed by atoms with E-state index in [1.165, 1.54) is 55.1 Å². The third kappa shape index (κ3) is 3.69. The normalized spacial score (nSPS) is 14.6. The molecule has 0 saturated carbocycles. The molecule has 0 saturated heterocycles. The van der Waals surface area contributed by atoms with Gasteiger partial charge in [-0.25, -0.2) is 0 Å². The second-order valence-corrected chi connectivity index (χ2v) is 17.5. The predicted octanol–water partition coefficient (Wildman–Crippen LogP) is 13.0. The third-order valence-electron chi connectivity index (χ3n) is 6.63. The summed E-state index contributed by atoms with van der Waals surface area (Å²) in [5, 5.41) is 18.3. The highest BCUT2D eigenvalue weighted by Crippen LogP contribution is 2.80. The van der Waals surface area contributed by atoms with Gasteiger partial charge in [0.2, 0.25) is 0 Å². The first kappa shape index (κ1) is 24.2. The van der Waals surface area contributed by atoms with Crippen molar-refractivity contribution in [3.05, 3.63) is 105 Å². The van der Waals surface area contributed by atoms with Gasteiger partial charge in [-0.2, -0.15) is 0 Å². The number of fused-ring (bicyclic) bond motifs is 1. The molecule has 2 nitrogen and oxygen atoms in total. The van der Waals surface area contributed by atoms with E-state index in [0.717, 1.165) is 5.69 Å². The van der Waals surface area contributed by atoms with E-state index in [1.807, 2.05) is 11.3 Å². The van der Waals surface area contributed by atoms with Crippen LogP contribution in [-0.4, -0.2) is 0 Å². The third-order valence-corrected chi connectivity index (χ3v) is 16.3. The van der Waals surface area contributed by atoms with Crippen LogP contribution < -0.4 is 0 Å². The molecule has 0 fully saturated rings. The molecule has 190 valence electrons. The molecule has 0 radical (unpaired) electrons. The van der Waals surface area contributed by atoms with Gasteiger partial charge in [-0.1, -0.05) is 36.4 Å². The summed E-state index contributed by atoms with van der Waals surface area (Å²) >= 11 is 10.8. The molecule has 1 aliphatic rings. The first-order valence-corrected chi connectivity index (χ1v) is 19.0. The molecule has 39 heavy (non-hydrogen) atoms. The van der Waals surface area contributed by atoms with E-state index in [2.05, 4.69) is 105 Å². The van der Waals surface area contributed by atoms with Crippen LogP contribution in [0.25, 0.3) is 41.8 Å². The van der Waals surface area contributed by atoms with E-state index in [-0.39, 0.29) is 0 Å². The molecule has 8 rings (SSSR count). The van der Waals surface area contributed by atoms with Gasteiger partial charge in [0.1, 0.15) is 5.69 Å². The van der Waals surface area contributed by atoms with Gasteiger partial charge < -0.3 is 0 Å². The van der Waals surface area contributed by atoms with Crippen molar-refractivity contribution in [2.75, 3.05) is 0 Å². The standard InChI is InChI=1S/C30H18N2S7/c1-7-19(33-13-1)25-26(20-8-2-14-34-20)28(22-10-4-16-36-22)30-29(27(25)21-9-3-15-35-21)31-32-39(30,23-11-5-17-37-23)24-12-6-18-38-24/h1-18H. The van der Waals surface area contributed by atoms with Gasteiger partial charge in [-0.05, 0) is 78.9 Å². The fourth-order valence-corrected chi connectivity index (χ4v) is 14.6. The Balaban J connectivity index is 1.64. The Kier molecular flexibility index (Phi) is 6.06. The fourth-order valence-electron chi connectivity index (χ4n) is 5.13. The van der Waals surface area contributed by atoms with E-state index < -0.39 is 10.2 Å². The summed E-state index contributed by atoms with van der Waals surface area (Å²) in [5.41, 5.74) is 6.09. The molecule has 7 heterocycles. The van der Waals surface area contributed by atoms with Gasteiger partial charge in [0.15, 0.2) is 0 Å². The van der Waals surface area contributed by atoms with Crippen molar-refractivity contribution in [3.63, 3.8) is 0 Å². The van der Waals surface area contributed by atoms with Gasteiger partial charge in [-0.3, -0.25) is 0 Å². The lowest BCUT2D eigenvalue weighted by molar-refractivity contribution is 1.33.